The van der Waals surface area contributed by atoms with Crippen LogP contribution >= 0.6 is 24.0 Å². The molecule has 0 spiro atoms. The first-order valence-corrected chi connectivity index (χ1v) is 7.01. The lowest BCUT2D eigenvalue weighted by atomic mass is 10.2. The molecule has 0 aliphatic carbocycles. The van der Waals surface area contributed by atoms with Gasteiger partial charge in [0.05, 0.1) is 5.02 Å². The van der Waals surface area contributed by atoms with E-state index in [4.69, 9.17) is 16.3 Å². The molecule has 1 aromatic rings. The summed E-state index contributed by atoms with van der Waals surface area (Å²) >= 11 is 6.06. The van der Waals surface area contributed by atoms with Crippen LogP contribution in [0.5, 0.6) is 5.75 Å². The number of benzene rings is 1. The quantitative estimate of drug-likeness (QED) is 0.926. The van der Waals surface area contributed by atoms with Gasteiger partial charge < -0.3 is 15.0 Å². The fraction of sp³-hybridized carbons (Fsp3) is 0.500. The van der Waals surface area contributed by atoms with Crippen LogP contribution in [0.25, 0.3) is 0 Å². The number of nitrogens with one attached hydrogen (secondary N) is 1. The molecule has 1 amide bonds. The van der Waals surface area contributed by atoms with Crippen LogP contribution in [0.4, 0.5) is 0 Å². The highest BCUT2D eigenvalue weighted by Gasteiger charge is 2.26. The Kier molecular flexibility index (Phi) is 7.13. The van der Waals surface area contributed by atoms with E-state index in [2.05, 4.69) is 5.32 Å². The highest BCUT2D eigenvalue weighted by atomic mass is 35.5. The van der Waals surface area contributed by atoms with E-state index in [0.717, 1.165) is 26.2 Å². The van der Waals surface area contributed by atoms with Crippen molar-refractivity contribution in [3.05, 3.63) is 29.3 Å². The summed E-state index contributed by atoms with van der Waals surface area (Å²) in [4.78, 5) is 14.2. The number of ether oxygens (including phenoxy) is 1. The second-order valence-electron chi connectivity index (χ2n) is 4.52. The number of carbonyl (C=O) groups excluding carboxylic acids is 1. The summed E-state index contributed by atoms with van der Waals surface area (Å²) in [7, 11) is 0. The lowest BCUT2D eigenvalue weighted by molar-refractivity contribution is -0.139. The summed E-state index contributed by atoms with van der Waals surface area (Å²) in [5.74, 6) is 0.614. The summed E-state index contributed by atoms with van der Waals surface area (Å²) in [5.41, 5.74) is 0. The molecule has 2 rings (SSSR count). The predicted molar refractivity (Wildman–Crippen MR) is 82.9 cm³/mol. The molecule has 20 heavy (non-hydrogen) atoms. The van der Waals surface area contributed by atoms with Crippen molar-refractivity contribution in [1.82, 2.24) is 10.2 Å². The van der Waals surface area contributed by atoms with Gasteiger partial charge in [0, 0.05) is 26.2 Å². The Balaban J connectivity index is 0.00000200. The van der Waals surface area contributed by atoms with Gasteiger partial charge in [-0.1, -0.05) is 30.7 Å². The number of carbonyl (C=O) groups is 1. The van der Waals surface area contributed by atoms with Gasteiger partial charge >= 0.3 is 0 Å². The van der Waals surface area contributed by atoms with E-state index >= 15 is 0 Å². The zero-order valence-corrected chi connectivity index (χ0v) is 13.0. The smallest absolute Gasteiger partial charge is 0.263 e. The first kappa shape index (κ1) is 17.1. The van der Waals surface area contributed by atoms with E-state index in [0.29, 0.717) is 17.2 Å². The zero-order chi connectivity index (χ0) is 13.7. The first-order chi connectivity index (χ1) is 9.22. The average Bonchev–Trinajstić information content (AvgIpc) is 2.47. The third-order valence-electron chi connectivity index (χ3n) is 3.18. The Morgan fingerprint density at radius 1 is 1.40 bits per heavy atom. The average molecular weight is 319 g/mol. The standard InChI is InChI=1S/C14H19ClN2O2.ClH/c1-2-12(14(18)17-9-7-16-8-10-17)19-13-6-4-3-5-11(13)15;/h3-6,12,16H,2,7-10H2,1H3;1H. The lowest BCUT2D eigenvalue weighted by Gasteiger charge is -2.30. The van der Waals surface area contributed by atoms with Crippen molar-refractivity contribution in [2.75, 3.05) is 26.2 Å². The van der Waals surface area contributed by atoms with Gasteiger partial charge in [0.1, 0.15) is 5.75 Å². The molecule has 1 unspecified atom stereocenters. The first-order valence-electron chi connectivity index (χ1n) is 6.63. The third-order valence-corrected chi connectivity index (χ3v) is 3.49. The molecular weight excluding hydrogens is 299 g/mol. The van der Waals surface area contributed by atoms with Crippen LogP contribution in [0, 0.1) is 0 Å². The van der Waals surface area contributed by atoms with E-state index in [1.807, 2.05) is 24.0 Å². The van der Waals surface area contributed by atoms with Gasteiger partial charge in [-0.15, -0.1) is 12.4 Å². The Morgan fingerprint density at radius 3 is 2.65 bits per heavy atom. The molecule has 112 valence electrons. The molecule has 4 nitrogen and oxygen atoms in total. The molecule has 1 saturated heterocycles. The third kappa shape index (κ3) is 4.27. The number of hydrogen-bond acceptors (Lipinski definition) is 3. The molecule has 1 heterocycles. The van der Waals surface area contributed by atoms with Crippen molar-refractivity contribution in [2.24, 2.45) is 0 Å². The van der Waals surface area contributed by atoms with E-state index in [9.17, 15) is 4.79 Å². The monoisotopic (exact) mass is 318 g/mol. The number of para-hydroxylation sites is 1. The zero-order valence-electron chi connectivity index (χ0n) is 11.5. The molecule has 1 aliphatic heterocycles. The number of nitrogens with zero attached hydrogens (tertiary/aromatic N) is 1. The van der Waals surface area contributed by atoms with Crippen LogP contribution in [0.15, 0.2) is 24.3 Å². The van der Waals surface area contributed by atoms with E-state index in [-0.39, 0.29) is 18.3 Å². The van der Waals surface area contributed by atoms with Gasteiger partial charge in [0.2, 0.25) is 0 Å². The van der Waals surface area contributed by atoms with Gasteiger partial charge in [-0.05, 0) is 18.6 Å². The molecule has 1 atom stereocenters. The minimum absolute atomic E-state index is 0. The summed E-state index contributed by atoms with van der Waals surface area (Å²) in [5, 5.41) is 3.77. The van der Waals surface area contributed by atoms with Crippen LogP contribution < -0.4 is 10.1 Å². The molecule has 6 heteroatoms. The Morgan fingerprint density at radius 2 is 2.05 bits per heavy atom. The fourth-order valence-electron chi connectivity index (χ4n) is 2.09. The maximum Gasteiger partial charge on any atom is 0.263 e. The van der Waals surface area contributed by atoms with Crippen LogP contribution in [-0.2, 0) is 4.79 Å². The van der Waals surface area contributed by atoms with Crippen LogP contribution in [0.1, 0.15) is 13.3 Å². The highest BCUT2D eigenvalue weighted by Crippen LogP contribution is 2.25. The van der Waals surface area contributed by atoms with Gasteiger partial charge in [-0.3, -0.25) is 4.79 Å². The highest BCUT2D eigenvalue weighted by molar-refractivity contribution is 6.32. The van der Waals surface area contributed by atoms with Crippen LogP contribution in [0.3, 0.4) is 0 Å². The SMILES string of the molecule is CCC(Oc1ccccc1Cl)C(=O)N1CCNCC1.Cl. The van der Waals surface area contributed by atoms with Crippen molar-refractivity contribution >= 4 is 29.9 Å². The van der Waals surface area contributed by atoms with E-state index < -0.39 is 6.10 Å². The minimum atomic E-state index is -0.460. The summed E-state index contributed by atoms with van der Waals surface area (Å²) < 4.78 is 5.77. The molecule has 0 aromatic heterocycles. The normalized spacial score (nSPS) is 16.2. The van der Waals surface area contributed by atoms with E-state index in [1.54, 1.807) is 12.1 Å². The van der Waals surface area contributed by atoms with Gasteiger partial charge in [-0.2, -0.15) is 0 Å². The van der Waals surface area contributed by atoms with E-state index in [1.165, 1.54) is 0 Å². The number of halogens is 2. The Bertz CT molecular complexity index is 437. The molecule has 1 fully saturated rings. The topological polar surface area (TPSA) is 41.6 Å². The van der Waals surface area contributed by atoms with Crippen molar-refractivity contribution in [2.45, 2.75) is 19.4 Å². The number of rotatable bonds is 4. The van der Waals surface area contributed by atoms with Gasteiger partial charge in [-0.25, -0.2) is 0 Å². The summed E-state index contributed by atoms with van der Waals surface area (Å²) in [6.07, 6.45) is 0.173. The molecule has 1 N–H and O–H groups in total. The summed E-state index contributed by atoms with van der Waals surface area (Å²) in [6, 6.07) is 7.24. The molecule has 0 radical (unpaired) electrons. The van der Waals surface area contributed by atoms with Crippen molar-refractivity contribution in [3.8, 4) is 5.75 Å². The molecule has 1 aliphatic rings. The summed E-state index contributed by atoms with van der Waals surface area (Å²) in [6.45, 7) is 5.10. The van der Waals surface area contributed by atoms with Gasteiger partial charge in [0.15, 0.2) is 6.10 Å². The maximum atomic E-state index is 12.4. The molecule has 1 aromatic carbocycles. The molecule has 0 saturated carbocycles. The van der Waals surface area contributed by atoms with Crippen LogP contribution in [0.2, 0.25) is 5.02 Å². The minimum Gasteiger partial charge on any atom is -0.479 e. The maximum absolute atomic E-state index is 12.4. The largest absolute Gasteiger partial charge is 0.479 e. The van der Waals surface area contributed by atoms with Crippen molar-refractivity contribution in [1.29, 1.82) is 0 Å². The van der Waals surface area contributed by atoms with Crippen molar-refractivity contribution in [3.63, 3.8) is 0 Å². The fourth-order valence-corrected chi connectivity index (χ4v) is 2.27. The molecule has 0 bridgehead atoms. The number of hydrogen-bond donors (Lipinski definition) is 1. The van der Waals surface area contributed by atoms with Crippen molar-refractivity contribution < 1.29 is 9.53 Å². The second-order valence-corrected chi connectivity index (χ2v) is 4.93. The van der Waals surface area contributed by atoms with Crippen LogP contribution in [-0.4, -0.2) is 43.1 Å². The predicted octanol–water partition coefficient (Wildman–Crippen LogP) is 2.35. The number of amides is 1. The lowest BCUT2D eigenvalue weighted by Crippen LogP contribution is -2.50. The Labute approximate surface area is 130 Å². The number of piperazine rings is 1. The Hall–Kier alpha value is -0.970. The molecular formula is C14H20Cl2N2O2. The second kappa shape index (κ2) is 8.35. The van der Waals surface area contributed by atoms with Gasteiger partial charge in [0.25, 0.3) is 5.91 Å².